The van der Waals surface area contributed by atoms with Gasteiger partial charge in [0.25, 0.3) is 5.78 Å². The van der Waals surface area contributed by atoms with Gasteiger partial charge in [-0.05, 0) is 38.5 Å². The fourth-order valence-corrected chi connectivity index (χ4v) is 3.71. The summed E-state index contributed by atoms with van der Waals surface area (Å²) in [6, 6.07) is 9.28. The number of thioether (sulfide) groups is 1. The Morgan fingerprint density at radius 2 is 2.08 bits per heavy atom. The van der Waals surface area contributed by atoms with Gasteiger partial charge in [0.1, 0.15) is 0 Å². The van der Waals surface area contributed by atoms with Crippen molar-refractivity contribution in [1.82, 2.24) is 24.9 Å². The molecule has 2 heterocycles. The molecule has 0 radical (unpaired) electrons. The van der Waals surface area contributed by atoms with Crippen LogP contribution in [0.1, 0.15) is 29.9 Å². The highest BCUT2D eigenvalue weighted by Gasteiger charge is 2.15. The molecule has 0 aliphatic heterocycles. The van der Waals surface area contributed by atoms with Gasteiger partial charge in [0.15, 0.2) is 5.16 Å². The summed E-state index contributed by atoms with van der Waals surface area (Å²) in [7, 11) is 0. The van der Waals surface area contributed by atoms with Crippen LogP contribution in [0, 0.1) is 13.8 Å². The molecule has 3 rings (SSSR count). The van der Waals surface area contributed by atoms with E-state index in [-0.39, 0.29) is 17.7 Å². The minimum absolute atomic E-state index is 0.0908. The first-order valence-electron chi connectivity index (χ1n) is 7.81. The van der Waals surface area contributed by atoms with Gasteiger partial charge in [-0.2, -0.15) is 0 Å². The highest BCUT2D eigenvalue weighted by atomic mass is 35.5. The van der Waals surface area contributed by atoms with Gasteiger partial charge < -0.3 is 5.32 Å². The van der Waals surface area contributed by atoms with E-state index in [1.54, 1.807) is 0 Å². The number of hydrogen-bond acceptors (Lipinski definition) is 5. The summed E-state index contributed by atoms with van der Waals surface area (Å²) >= 11 is 7.50. The molecule has 0 fully saturated rings. The van der Waals surface area contributed by atoms with Gasteiger partial charge in [-0.1, -0.05) is 41.6 Å². The third-order valence-electron chi connectivity index (χ3n) is 3.74. The van der Waals surface area contributed by atoms with E-state index in [4.69, 9.17) is 11.6 Å². The number of halogens is 1. The van der Waals surface area contributed by atoms with Gasteiger partial charge in [0, 0.05) is 16.4 Å². The number of nitrogens with one attached hydrogen (secondary N) is 1. The molecule has 0 saturated heterocycles. The largest absolute Gasteiger partial charge is 0.349 e. The molecule has 2 aromatic heterocycles. The average Bonchev–Trinajstić information content (AvgIpc) is 2.96. The number of hydrogen-bond donors (Lipinski definition) is 1. The quantitative estimate of drug-likeness (QED) is 0.692. The highest BCUT2D eigenvalue weighted by molar-refractivity contribution is 7.99. The second-order valence-corrected chi connectivity index (χ2v) is 7.11. The molecule has 0 aliphatic rings. The lowest BCUT2D eigenvalue weighted by molar-refractivity contribution is -0.119. The molecular weight excluding hydrogens is 358 g/mol. The van der Waals surface area contributed by atoms with Crippen LogP contribution in [0.2, 0.25) is 5.02 Å². The molecule has 0 spiro atoms. The predicted molar refractivity (Wildman–Crippen MR) is 99.0 cm³/mol. The lowest BCUT2D eigenvalue weighted by Gasteiger charge is -2.15. The number of nitrogens with zero attached hydrogens (tertiary/aromatic N) is 4. The first-order chi connectivity index (χ1) is 12.0. The monoisotopic (exact) mass is 375 g/mol. The van der Waals surface area contributed by atoms with Crippen molar-refractivity contribution in [3.05, 3.63) is 52.3 Å². The van der Waals surface area contributed by atoms with E-state index >= 15 is 0 Å². The van der Waals surface area contributed by atoms with E-state index in [0.717, 1.165) is 17.0 Å². The van der Waals surface area contributed by atoms with Crippen molar-refractivity contribution in [2.45, 2.75) is 32.0 Å². The van der Waals surface area contributed by atoms with E-state index in [9.17, 15) is 4.79 Å². The van der Waals surface area contributed by atoms with Crippen LogP contribution in [0.4, 0.5) is 0 Å². The number of fused-ring (bicyclic) bond motifs is 1. The van der Waals surface area contributed by atoms with Gasteiger partial charge in [-0.3, -0.25) is 9.20 Å². The molecular formula is C17H18ClN5OS. The van der Waals surface area contributed by atoms with Crippen molar-refractivity contribution in [2.24, 2.45) is 0 Å². The Morgan fingerprint density at radius 1 is 1.32 bits per heavy atom. The molecule has 0 saturated carbocycles. The molecule has 0 aliphatic carbocycles. The lowest BCUT2D eigenvalue weighted by atomic mass is 10.1. The van der Waals surface area contributed by atoms with E-state index in [2.05, 4.69) is 20.5 Å². The Hall–Kier alpha value is -2.12. The van der Waals surface area contributed by atoms with Crippen LogP contribution in [0.3, 0.4) is 0 Å². The fraction of sp³-hybridized carbons (Fsp3) is 0.294. The Balaban J connectivity index is 1.66. The minimum Gasteiger partial charge on any atom is -0.349 e. The van der Waals surface area contributed by atoms with Crippen LogP contribution in [-0.4, -0.2) is 31.2 Å². The maximum absolute atomic E-state index is 12.3. The molecule has 1 aromatic carbocycles. The molecule has 1 amide bonds. The maximum Gasteiger partial charge on any atom is 0.256 e. The van der Waals surface area contributed by atoms with Crippen LogP contribution in [0.15, 0.2) is 35.5 Å². The number of aryl methyl sites for hydroxylation is 2. The van der Waals surface area contributed by atoms with Crippen molar-refractivity contribution in [3.63, 3.8) is 0 Å². The molecule has 1 atom stereocenters. The molecule has 8 heteroatoms. The first-order valence-corrected chi connectivity index (χ1v) is 9.18. The number of rotatable bonds is 5. The topological polar surface area (TPSA) is 72.2 Å². The van der Waals surface area contributed by atoms with Gasteiger partial charge >= 0.3 is 0 Å². The summed E-state index contributed by atoms with van der Waals surface area (Å²) < 4.78 is 1.85. The van der Waals surface area contributed by atoms with Crippen molar-refractivity contribution < 1.29 is 4.79 Å². The van der Waals surface area contributed by atoms with Crippen LogP contribution in [-0.2, 0) is 4.79 Å². The molecule has 3 aromatic rings. The van der Waals surface area contributed by atoms with Crippen molar-refractivity contribution in [3.8, 4) is 0 Å². The number of benzene rings is 1. The maximum atomic E-state index is 12.3. The van der Waals surface area contributed by atoms with Gasteiger partial charge in [0.2, 0.25) is 5.91 Å². The third-order valence-corrected chi connectivity index (χ3v) is 5.02. The summed E-state index contributed by atoms with van der Waals surface area (Å²) in [6.07, 6.45) is 0. The third kappa shape index (κ3) is 3.93. The smallest absolute Gasteiger partial charge is 0.256 e. The summed E-state index contributed by atoms with van der Waals surface area (Å²) in [4.78, 5) is 16.6. The Morgan fingerprint density at radius 3 is 2.84 bits per heavy atom. The zero-order valence-electron chi connectivity index (χ0n) is 14.2. The lowest BCUT2D eigenvalue weighted by Crippen LogP contribution is -2.28. The van der Waals surface area contributed by atoms with Crippen molar-refractivity contribution in [2.75, 3.05) is 5.75 Å². The van der Waals surface area contributed by atoms with Crippen LogP contribution >= 0.6 is 23.4 Å². The Kier molecular flexibility index (Phi) is 5.24. The molecule has 6 nitrogen and oxygen atoms in total. The normalized spacial score (nSPS) is 12.3. The molecule has 0 unspecified atom stereocenters. The molecule has 130 valence electrons. The average molecular weight is 376 g/mol. The molecule has 0 bridgehead atoms. The van der Waals surface area contributed by atoms with E-state index in [0.29, 0.717) is 16.0 Å². The van der Waals surface area contributed by atoms with Crippen LogP contribution in [0.5, 0.6) is 0 Å². The second-order valence-electron chi connectivity index (χ2n) is 5.76. The van der Waals surface area contributed by atoms with Gasteiger partial charge in [-0.15, -0.1) is 10.2 Å². The van der Waals surface area contributed by atoms with Gasteiger partial charge in [-0.25, -0.2) is 4.98 Å². The number of amides is 1. The van der Waals surface area contributed by atoms with E-state index in [1.807, 2.05) is 55.5 Å². The van der Waals surface area contributed by atoms with Crippen molar-refractivity contribution >= 4 is 35.0 Å². The van der Waals surface area contributed by atoms with E-state index in [1.165, 1.54) is 11.8 Å². The number of carbonyl (C=O) groups excluding carboxylic acids is 1. The molecule has 1 N–H and O–H groups in total. The standard InChI is InChI=1S/C17H18ClN5OS/c1-10-8-11(2)23-16(19-10)21-22-17(23)25-9-15(24)20-12(3)13-6-4-5-7-14(13)18/h4-8,12H,9H2,1-3H3,(H,20,24)/t12-/m0/s1. The summed E-state index contributed by atoms with van der Waals surface area (Å²) in [5, 5.41) is 12.5. The van der Waals surface area contributed by atoms with Crippen LogP contribution < -0.4 is 5.32 Å². The van der Waals surface area contributed by atoms with Crippen LogP contribution in [0.25, 0.3) is 5.78 Å². The zero-order valence-corrected chi connectivity index (χ0v) is 15.7. The SMILES string of the molecule is Cc1cc(C)n2c(SCC(=O)N[C@@H](C)c3ccccc3Cl)nnc2n1. The number of aromatic nitrogens is 4. The number of carbonyl (C=O) groups is 1. The van der Waals surface area contributed by atoms with E-state index < -0.39 is 0 Å². The summed E-state index contributed by atoms with van der Waals surface area (Å²) in [5.41, 5.74) is 2.77. The second kappa shape index (κ2) is 7.41. The minimum atomic E-state index is -0.164. The Labute approximate surface area is 155 Å². The summed E-state index contributed by atoms with van der Waals surface area (Å²) in [5.74, 6) is 0.694. The summed E-state index contributed by atoms with van der Waals surface area (Å²) in [6.45, 7) is 5.79. The first kappa shape index (κ1) is 17.7. The highest BCUT2D eigenvalue weighted by Crippen LogP contribution is 2.23. The molecule has 25 heavy (non-hydrogen) atoms. The fourth-order valence-electron chi connectivity index (χ4n) is 2.61. The predicted octanol–water partition coefficient (Wildman–Crippen LogP) is 3.36. The van der Waals surface area contributed by atoms with Crippen molar-refractivity contribution in [1.29, 1.82) is 0 Å². The zero-order chi connectivity index (χ0) is 18.0. The van der Waals surface area contributed by atoms with Gasteiger partial charge in [0.05, 0.1) is 11.8 Å². The Bertz CT molecular complexity index is 927.